The van der Waals surface area contributed by atoms with E-state index in [1.165, 1.54) is 6.07 Å². The molecule has 0 fully saturated rings. The van der Waals surface area contributed by atoms with Gasteiger partial charge < -0.3 is 9.67 Å². The van der Waals surface area contributed by atoms with Gasteiger partial charge in [-0.3, -0.25) is 4.79 Å². The summed E-state index contributed by atoms with van der Waals surface area (Å²) in [6.07, 6.45) is 2.83. The molecule has 0 spiro atoms. The molecule has 1 aliphatic rings. The second-order valence-electron chi connectivity index (χ2n) is 6.78. The third-order valence-corrected chi connectivity index (χ3v) is 5.15. The second-order valence-corrected chi connectivity index (χ2v) is 6.78. The number of aliphatic carboxylic acids is 1. The number of rotatable bonds is 4. The summed E-state index contributed by atoms with van der Waals surface area (Å²) in [5, 5.41) is 10.3. The fourth-order valence-electron chi connectivity index (χ4n) is 4.15. The maximum absolute atomic E-state index is 13.8. The topological polar surface area (TPSA) is 42.2 Å². The van der Waals surface area contributed by atoms with Crippen LogP contribution in [0.5, 0.6) is 0 Å². The molecule has 1 N–H and O–H groups in total. The summed E-state index contributed by atoms with van der Waals surface area (Å²) < 4.78 is 16.0. The normalized spacial score (nSPS) is 16.8. The van der Waals surface area contributed by atoms with Crippen molar-refractivity contribution in [2.45, 2.75) is 38.1 Å². The van der Waals surface area contributed by atoms with Crippen molar-refractivity contribution in [3.05, 3.63) is 71.2 Å². The molecule has 3 aromatic rings. The molecule has 2 aromatic carbocycles. The van der Waals surface area contributed by atoms with Gasteiger partial charge in [0.05, 0.1) is 6.42 Å². The molecule has 0 saturated carbocycles. The molecule has 1 atom stereocenters. The number of nitrogens with zero attached hydrogens (tertiary/aromatic N) is 1. The van der Waals surface area contributed by atoms with Gasteiger partial charge in [0, 0.05) is 29.1 Å². The van der Waals surface area contributed by atoms with Crippen LogP contribution in [-0.4, -0.2) is 15.6 Å². The SMILES string of the molecule is O=C(O)C[C@H]1CCCc2c1n(Cc1ccccc1)c1ccc(F)cc21. The number of benzene rings is 2. The molecule has 1 aromatic heterocycles. The Morgan fingerprint density at radius 3 is 2.76 bits per heavy atom. The van der Waals surface area contributed by atoms with E-state index in [-0.39, 0.29) is 18.2 Å². The molecule has 0 aliphatic heterocycles. The Morgan fingerprint density at radius 1 is 1.20 bits per heavy atom. The van der Waals surface area contributed by atoms with Crippen LogP contribution in [-0.2, 0) is 17.8 Å². The average molecular weight is 337 g/mol. The van der Waals surface area contributed by atoms with Crippen molar-refractivity contribution in [3.63, 3.8) is 0 Å². The molecule has 3 nitrogen and oxygen atoms in total. The zero-order valence-electron chi connectivity index (χ0n) is 13.9. The van der Waals surface area contributed by atoms with E-state index in [4.69, 9.17) is 0 Å². The van der Waals surface area contributed by atoms with Crippen molar-refractivity contribution < 1.29 is 14.3 Å². The van der Waals surface area contributed by atoms with E-state index in [2.05, 4.69) is 16.7 Å². The Morgan fingerprint density at radius 2 is 2.00 bits per heavy atom. The fraction of sp³-hybridized carbons (Fsp3) is 0.286. The molecule has 0 unspecified atom stereocenters. The van der Waals surface area contributed by atoms with Crippen molar-refractivity contribution in [2.24, 2.45) is 0 Å². The summed E-state index contributed by atoms with van der Waals surface area (Å²) in [5.74, 6) is -1.03. The summed E-state index contributed by atoms with van der Waals surface area (Å²) in [6, 6.07) is 15.0. The van der Waals surface area contributed by atoms with Crippen molar-refractivity contribution in [1.29, 1.82) is 0 Å². The highest BCUT2D eigenvalue weighted by molar-refractivity contribution is 5.86. The minimum atomic E-state index is -0.777. The lowest BCUT2D eigenvalue weighted by molar-refractivity contribution is -0.137. The summed E-state index contributed by atoms with van der Waals surface area (Å²) >= 11 is 0. The fourth-order valence-corrected chi connectivity index (χ4v) is 4.15. The van der Waals surface area contributed by atoms with Crippen LogP contribution >= 0.6 is 0 Å². The lowest BCUT2D eigenvalue weighted by Gasteiger charge is -2.24. The van der Waals surface area contributed by atoms with E-state index >= 15 is 0 Å². The smallest absolute Gasteiger partial charge is 0.304 e. The number of fused-ring (bicyclic) bond motifs is 3. The van der Waals surface area contributed by atoms with Crippen LogP contribution in [0, 0.1) is 5.82 Å². The number of aromatic nitrogens is 1. The van der Waals surface area contributed by atoms with Gasteiger partial charge in [-0.15, -0.1) is 0 Å². The molecule has 1 aliphatic carbocycles. The highest BCUT2D eigenvalue weighted by atomic mass is 19.1. The molecule has 1 heterocycles. The van der Waals surface area contributed by atoms with Crippen LogP contribution < -0.4 is 0 Å². The number of carboxylic acid groups (broad SMARTS) is 1. The number of hydrogen-bond donors (Lipinski definition) is 1. The number of aryl methyl sites for hydroxylation is 1. The van der Waals surface area contributed by atoms with Gasteiger partial charge in [-0.1, -0.05) is 30.3 Å². The molecule has 0 radical (unpaired) electrons. The van der Waals surface area contributed by atoms with Crippen LogP contribution in [0.1, 0.15) is 42.0 Å². The molecule has 128 valence electrons. The standard InChI is InChI=1S/C21H20FNO2/c22-16-9-10-19-18(12-16)17-8-4-7-15(11-20(24)25)21(17)23(19)13-14-5-2-1-3-6-14/h1-3,5-6,9-10,12,15H,4,7-8,11,13H2,(H,24,25)/t15-/m1/s1. The zero-order chi connectivity index (χ0) is 17.4. The molecule has 0 amide bonds. The van der Waals surface area contributed by atoms with E-state index in [1.54, 1.807) is 6.07 Å². The molecule has 4 heteroatoms. The first-order valence-electron chi connectivity index (χ1n) is 8.69. The van der Waals surface area contributed by atoms with Crippen LogP contribution in [0.2, 0.25) is 0 Å². The minimum absolute atomic E-state index is 0.0135. The van der Waals surface area contributed by atoms with E-state index < -0.39 is 5.97 Å². The van der Waals surface area contributed by atoms with Crippen molar-refractivity contribution in [2.75, 3.05) is 0 Å². The van der Waals surface area contributed by atoms with Crippen molar-refractivity contribution in [3.8, 4) is 0 Å². The van der Waals surface area contributed by atoms with Crippen LogP contribution in [0.25, 0.3) is 10.9 Å². The monoisotopic (exact) mass is 337 g/mol. The highest BCUT2D eigenvalue weighted by Gasteiger charge is 2.29. The Kier molecular flexibility index (Phi) is 4.04. The lowest BCUT2D eigenvalue weighted by atomic mass is 9.84. The van der Waals surface area contributed by atoms with Gasteiger partial charge >= 0.3 is 5.97 Å². The number of hydrogen-bond acceptors (Lipinski definition) is 1. The summed E-state index contributed by atoms with van der Waals surface area (Å²) in [6.45, 7) is 0.675. The van der Waals surface area contributed by atoms with Gasteiger partial charge in [-0.25, -0.2) is 4.39 Å². The first-order valence-corrected chi connectivity index (χ1v) is 8.69. The maximum Gasteiger partial charge on any atom is 0.304 e. The summed E-state index contributed by atoms with van der Waals surface area (Å²) in [5.41, 5.74) is 4.36. The molecular formula is C21H20FNO2. The Labute approximate surface area is 145 Å². The third kappa shape index (κ3) is 2.93. The van der Waals surface area contributed by atoms with Crippen LogP contribution in [0.15, 0.2) is 48.5 Å². The van der Waals surface area contributed by atoms with Crippen LogP contribution in [0.3, 0.4) is 0 Å². The average Bonchev–Trinajstić information content (AvgIpc) is 2.90. The number of carbonyl (C=O) groups is 1. The quantitative estimate of drug-likeness (QED) is 0.748. The molecule has 0 saturated heterocycles. The van der Waals surface area contributed by atoms with E-state index in [9.17, 15) is 14.3 Å². The maximum atomic E-state index is 13.8. The lowest BCUT2D eigenvalue weighted by Crippen LogP contribution is -2.17. The van der Waals surface area contributed by atoms with E-state index in [0.717, 1.165) is 47.0 Å². The van der Waals surface area contributed by atoms with E-state index in [1.807, 2.05) is 24.3 Å². The predicted molar refractivity (Wildman–Crippen MR) is 95.4 cm³/mol. The van der Waals surface area contributed by atoms with Gasteiger partial charge in [0.25, 0.3) is 0 Å². The Hall–Kier alpha value is -2.62. The molecule has 25 heavy (non-hydrogen) atoms. The minimum Gasteiger partial charge on any atom is -0.481 e. The Bertz CT molecular complexity index is 930. The van der Waals surface area contributed by atoms with Crippen LogP contribution in [0.4, 0.5) is 4.39 Å². The zero-order valence-corrected chi connectivity index (χ0v) is 13.9. The number of halogens is 1. The second kappa shape index (κ2) is 6.36. The summed E-state index contributed by atoms with van der Waals surface area (Å²) in [7, 11) is 0. The molecule has 4 rings (SSSR count). The number of carboxylic acids is 1. The first-order chi connectivity index (χ1) is 12.1. The molecular weight excluding hydrogens is 317 g/mol. The molecule has 0 bridgehead atoms. The van der Waals surface area contributed by atoms with Gasteiger partial charge in [0.1, 0.15) is 5.82 Å². The largest absolute Gasteiger partial charge is 0.481 e. The van der Waals surface area contributed by atoms with Crippen molar-refractivity contribution in [1.82, 2.24) is 4.57 Å². The third-order valence-electron chi connectivity index (χ3n) is 5.15. The van der Waals surface area contributed by atoms with E-state index in [0.29, 0.717) is 6.54 Å². The predicted octanol–water partition coefficient (Wildman–Crippen LogP) is 4.72. The Balaban J connectivity index is 1.91. The van der Waals surface area contributed by atoms with Gasteiger partial charge in [-0.05, 0) is 48.6 Å². The van der Waals surface area contributed by atoms with Crippen molar-refractivity contribution >= 4 is 16.9 Å². The summed E-state index contributed by atoms with van der Waals surface area (Å²) in [4.78, 5) is 11.3. The first kappa shape index (κ1) is 15.9. The van der Waals surface area contributed by atoms with Gasteiger partial charge in [-0.2, -0.15) is 0 Å². The van der Waals surface area contributed by atoms with Gasteiger partial charge in [0.15, 0.2) is 0 Å². The van der Waals surface area contributed by atoms with Gasteiger partial charge in [0.2, 0.25) is 0 Å². The highest BCUT2D eigenvalue weighted by Crippen LogP contribution is 2.40.